The van der Waals surface area contributed by atoms with Gasteiger partial charge in [0.15, 0.2) is 0 Å². The lowest BCUT2D eigenvalue weighted by atomic mass is 10.1. The average molecular weight is 445 g/mol. The highest BCUT2D eigenvalue weighted by Crippen LogP contribution is 2.28. The maximum atomic E-state index is 12.9. The number of hydrazine groups is 1. The first-order chi connectivity index (χ1) is 14.9. The van der Waals surface area contributed by atoms with Gasteiger partial charge in [0, 0.05) is 12.1 Å². The van der Waals surface area contributed by atoms with E-state index in [0.29, 0.717) is 41.3 Å². The van der Waals surface area contributed by atoms with E-state index in [1.807, 2.05) is 0 Å². The Morgan fingerprint density at radius 1 is 1.29 bits per heavy atom. The third kappa shape index (κ3) is 4.64. The molecule has 0 unspecified atom stereocenters. The molecule has 164 valence electrons. The van der Waals surface area contributed by atoms with Crippen LogP contribution < -0.4 is 20.6 Å². The molecule has 1 amide bonds. The maximum absolute atomic E-state index is 12.9. The van der Waals surface area contributed by atoms with Crippen molar-refractivity contribution in [3.63, 3.8) is 0 Å². The Kier molecular flexibility index (Phi) is 5.84. The van der Waals surface area contributed by atoms with Gasteiger partial charge in [-0.2, -0.15) is 0 Å². The van der Waals surface area contributed by atoms with Crippen LogP contribution in [0, 0.1) is 0 Å². The Bertz CT molecular complexity index is 1130. The number of methoxy groups -OCH3 is 1. The Balaban J connectivity index is 1.44. The zero-order valence-corrected chi connectivity index (χ0v) is 17.9. The third-order valence-corrected chi connectivity index (χ3v) is 6.37. The summed E-state index contributed by atoms with van der Waals surface area (Å²) in [6.07, 6.45) is 1.65. The highest BCUT2D eigenvalue weighted by molar-refractivity contribution is 7.89. The molecule has 2 aromatic rings. The van der Waals surface area contributed by atoms with Crippen LogP contribution in [0.1, 0.15) is 34.3 Å². The van der Waals surface area contributed by atoms with Crippen LogP contribution in [0.2, 0.25) is 0 Å². The summed E-state index contributed by atoms with van der Waals surface area (Å²) in [4.78, 5) is 12.9. The zero-order valence-electron chi connectivity index (χ0n) is 17.1. The number of hydrogen-bond acceptors (Lipinski definition) is 7. The van der Waals surface area contributed by atoms with Gasteiger partial charge in [0.05, 0.1) is 24.5 Å². The van der Waals surface area contributed by atoms with Gasteiger partial charge in [-0.3, -0.25) is 9.80 Å². The van der Waals surface area contributed by atoms with Crippen molar-refractivity contribution in [1.82, 2.24) is 10.4 Å². The number of fused-ring (bicyclic) bond motifs is 1. The fourth-order valence-electron chi connectivity index (χ4n) is 3.76. The number of ether oxygens (including phenoxy) is 2. The van der Waals surface area contributed by atoms with Gasteiger partial charge in [-0.15, -0.1) is 4.40 Å². The SMILES string of the molecule is COc1cccc(C(=O)N2CCC[C@H](COc3cccc4c3C(N)=NS(=O)(=O)C4)N2)c1. The number of carbonyl (C=O) groups is 1. The van der Waals surface area contributed by atoms with Crippen LogP contribution in [-0.2, 0) is 15.8 Å². The van der Waals surface area contributed by atoms with Gasteiger partial charge in [-0.1, -0.05) is 18.2 Å². The second kappa shape index (κ2) is 8.56. The first kappa shape index (κ1) is 21.1. The number of sulfonamides is 1. The number of nitrogens with zero attached hydrogens (tertiary/aromatic N) is 2. The lowest BCUT2D eigenvalue weighted by Gasteiger charge is -2.34. The van der Waals surface area contributed by atoms with E-state index in [1.54, 1.807) is 54.6 Å². The predicted molar refractivity (Wildman–Crippen MR) is 115 cm³/mol. The lowest BCUT2D eigenvalue weighted by Crippen LogP contribution is -2.54. The number of carbonyl (C=O) groups excluding carboxylic acids is 1. The van der Waals surface area contributed by atoms with E-state index in [9.17, 15) is 13.2 Å². The minimum atomic E-state index is -3.60. The molecule has 2 aliphatic rings. The standard InChI is InChI=1S/C21H24N4O5S/c1-29-17-8-2-5-14(11-17)21(26)25-10-4-7-16(23-25)12-30-18-9-3-6-15-13-31(27,28)24-20(22)19(15)18/h2-3,5-6,8-9,11,16,23H,4,7,10,12-13H2,1H3,(H2,22,24)/t16-/m1/s1. The van der Waals surface area contributed by atoms with Crippen LogP contribution in [0.4, 0.5) is 0 Å². The molecule has 9 nitrogen and oxygen atoms in total. The van der Waals surface area contributed by atoms with Crippen LogP contribution >= 0.6 is 0 Å². The Morgan fingerprint density at radius 2 is 2.10 bits per heavy atom. The van der Waals surface area contributed by atoms with Crippen molar-refractivity contribution in [3.05, 3.63) is 59.2 Å². The van der Waals surface area contributed by atoms with Crippen molar-refractivity contribution in [2.24, 2.45) is 10.1 Å². The summed E-state index contributed by atoms with van der Waals surface area (Å²) in [5.74, 6) is 0.695. The number of benzene rings is 2. The highest BCUT2D eigenvalue weighted by atomic mass is 32.2. The number of rotatable bonds is 5. The topological polar surface area (TPSA) is 123 Å². The second-order valence-electron chi connectivity index (χ2n) is 7.46. The Labute approximate surface area is 180 Å². The zero-order chi connectivity index (χ0) is 22.0. The summed E-state index contributed by atoms with van der Waals surface area (Å²) in [7, 11) is -2.04. The van der Waals surface area contributed by atoms with Crippen molar-refractivity contribution < 1.29 is 22.7 Å². The van der Waals surface area contributed by atoms with E-state index in [2.05, 4.69) is 9.82 Å². The van der Waals surface area contributed by atoms with Crippen LogP contribution in [0.5, 0.6) is 11.5 Å². The van der Waals surface area contributed by atoms with E-state index in [-0.39, 0.29) is 23.5 Å². The Morgan fingerprint density at radius 3 is 2.90 bits per heavy atom. The molecular weight excluding hydrogens is 420 g/mol. The quantitative estimate of drug-likeness (QED) is 0.715. The summed E-state index contributed by atoms with van der Waals surface area (Å²) in [5.41, 5.74) is 10.7. The normalized spacial score (nSPS) is 19.8. The van der Waals surface area contributed by atoms with Crippen molar-refractivity contribution in [1.29, 1.82) is 0 Å². The number of nitrogens with one attached hydrogen (secondary N) is 1. The van der Waals surface area contributed by atoms with Crippen molar-refractivity contribution in [3.8, 4) is 11.5 Å². The summed E-state index contributed by atoms with van der Waals surface area (Å²) >= 11 is 0. The molecule has 1 atom stereocenters. The highest BCUT2D eigenvalue weighted by Gasteiger charge is 2.27. The lowest BCUT2D eigenvalue weighted by molar-refractivity contribution is 0.0481. The van der Waals surface area contributed by atoms with E-state index < -0.39 is 10.0 Å². The first-order valence-electron chi connectivity index (χ1n) is 9.91. The molecule has 0 saturated carbocycles. The summed E-state index contributed by atoms with van der Waals surface area (Å²) < 4.78 is 38.4. The number of amidine groups is 1. The smallest absolute Gasteiger partial charge is 0.268 e. The van der Waals surface area contributed by atoms with Gasteiger partial charge in [-0.05, 0) is 42.7 Å². The second-order valence-corrected chi connectivity index (χ2v) is 9.10. The fraction of sp³-hybridized carbons (Fsp3) is 0.333. The van der Waals surface area contributed by atoms with Crippen LogP contribution in [0.3, 0.4) is 0 Å². The van der Waals surface area contributed by atoms with Gasteiger partial charge in [0.2, 0.25) is 0 Å². The largest absolute Gasteiger partial charge is 0.497 e. The van der Waals surface area contributed by atoms with E-state index in [1.165, 1.54) is 0 Å². The first-order valence-corrected chi connectivity index (χ1v) is 11.5. The molecule has 2 aliphatic heterocycles. The summed E-state index contributed by atoms with van der Waals surface area (Å²) in [6, 6.07) is 12.1. The molecule has 2 heterocycles. The third-order valence-electron chi connectivity index (χ3n) is 5.22. The van der Waals surface area contributed by atoms with E-state index in [4.69, 9.17) is 15.2 Å². The monoisotopic (exact) mass is 444 g/mol. The molecule has 0 aromatic heterocycles. The van der Waals surface area contributed by atoms with Gasteiger partial charge < -0.3 is 15.2 Å². The summed E-state index contributed by atoms with van der Waals surface area (Å²) in [6.45, 7) is 0.878. The number of nitrogens with two attached hydrogens (primary N) is 1. The van der Waals surface area contributed by atoms with Gasteiger partial charge in [0.1, 0.15) is 23.9 Å². The van der Waals surface area contributed by atoms with Crippen LogP contribution in [0.25, 0.3) is 0 Å². The minimum absolute atomic E-state index is 0.0664. The van der Waals surface area contributed by atoms with Crippen molar-refractivity contribution >= 4 is 21.8 Å². The van der Waals surface area contributed by atoms with Crippen LogP contribution in [0.15, 0.2) is 46.9 Å². The average Bonchev–Trinajstić information content (AvgIpc) is 2.76. The number of amides is 1. The van der Waals surface area contributed by atoms with Crippen LogP contribution in [-0.4, -0.2) is 51.5 Å². The molecule has 4 rings (SSSR count). The molecule has 0 radical (unpaired) electrons. The molecule has 1 fully saturated rings. The van der Waals surface area contributed by atoms with E-state index >= 15 is 0 Å². The van der Waals surface area contributed by atoms with Gasteiger partial charge in [0.25, 0.3) is 15.9 Å². The molecule has 2 aromatic carbocycles. The van der Waals surface area contributed by atoms with E-state index in [0.717, 1.165) is 12.8 Å². The Hall–Kier alpha value is -3.11. The maximum Gasteiger partial charge on any atom is 0.268 e. The molecule has 0 aliphatic carbocycles. The van der Waals surface area contributed by atoms with Gasteiger partial charge >= 0.3 is 0 Å². The summed E-state index contributed by atoms with van der Waals surface area (Å²) in [5, 5.41) is 1.59. The molecule has 0 bridgehead atoms. The predicted octanol–water partition coefficient (Wildman–Crippen LogP) is 1.43. The van der Waals surface area contributed by atoms with Crippen molar-refractivity contribution in [2.45, 2.75) is 24.6 Å². The fourth-order valence-corrected chi connectivity index (χ4v) is 4.85. The molecular formula is C21H24N4O5S. The van der Waals surface area contributed by atoms with Gasteiger partial charge in [-0.25, -0.2) is 13.8 Å². The molecule has 0 spiro atoms. The molecule has 3 N–H and O–H groups in total. The minimum Gasteiger partial charge on any atom is -0.497 e. The van der Waals surface area contributed by atoms with Crippen molar-refractivity contribution in [2.75, 3.05) is 20.3 Å². The number of hydrogen-bond donors (Lipinski definition) is 2. The molecule has 31 heavy (non-hydrogen) atoms. The molecule has 1 saturated heterocycles. The molecule has 10 heteroatoms.